The van der Waals surface area contributed by atoms with Gasteiger partial charge in [0.2, 0.25) is 0 Å². The average molecular weight is 849 g/mol. The highest BCUT2D eigenvalue weighted by molar-refractivity contribution is 5.87. The van der Waals surface area contributed by atoms with Crippen LogP contribution in [0.5, 0.6) is 17.2 Å². The van der Waals surface area contributed by atoms with E-state index < -0.39 is 23.3 Å². The third-order valence-corrected chi connectivity index (χ3v) is 10.5. The maximum absolute atomic E-state index is 10.6. The Morgan fingerprint density at radius 3 is 1.39 bits per heavy atom. The van der Waals surface area contributed by atoms with Crippen molar-refractivity contribution in [1.82, 2.24) is 0 Å². The van der Waals surface area contributed by atoms with Crippen molar-refractivity contribution in [3.8, 4) is 17.2 Å². The number of rotatable bonds is 12. The smallest absolute Gasteiger partial charge is 0.335 e. The summed E-state index contributed by atoms with van der Waals surface area (Å²) in [5.41, 5.74) is 7.54. The highest BCUT2D eigenvalue weighted by atomic mass is 16.4. The summed E-state index contributed by atoms with van der Waals surface area (Å²) in [6, 6.07) is 23.5. The number of carbonyl (C=O) groups is 3. The number of carboxylic acid groups (broad SMARTS) is 3. The van der Waals surface area contributed by atoms with Crippen LogP contribution in [0.1, 0.15) is 163 Å². The minimum absolute atomic E-state index is 0.0509. The molecule has 0 saturated carbocycles. The van der Waals surface area contributed by atoms with Crippen molar-refractivity contribution in [2.45, 2.75) is 147 Å². The van der Waals surface area contributed by atoms with Crippen LogP contribution in [0.25, 0.3) is 0 Å². The first-order valence-corrected chi connectivity index (χ1v) is 21.3. The van der Waals surface area contributed by atoms with Gasteiger partial charge in [0, 0.05) is 0 Å². The molecule has 0 aliphatic heterocycles. The summed E-state index contributed by atoms with van der Waals surface area (Å²) >= 11 is 0. The number of aromatic hydroxyl groups is 3. The van der Waals surface area contributed by atoms with Crippen LogP contribution in [0, 0.1) is 25.2 Å². The van der Waals surface area contributed by atoms with E-state index in [1.54, 1.807) is 69.3 Å². The van der Waals surface area contributed by atoms with Crippen LogP contribution in [-0.4, -0.2) is 53.7 Å². The quantitative estimate of drug-likeness (QED) is 0.0721. The first-order chi connectivity index (χ1) is 28.5. The van der Waals surface area contributed by atoms with Gasteiger partial charge in [-0.1, -0.05) is 92.6 Å². The molecule has 7 N–H and O–H groups in total. The highest BCUT2D eigenvalue weighted by Gasteiger charge is 2.23. The minimum Gasteiger partial charge on any atom is -0.508 e. The van der Waals surface area contributed by atoms with Gasteiger partial charge in [-0.2, -0.15) is 0 Å². The predicted octanol–water partition coefficient (Wildman–Crippen LogP) is 12.4. The molecule has 4 aromatic rings. The van der Waals surface area contributed by atoms with Crippen molar-refractivity contribution >= 4 is 17.9 Å². The summed E-state index contributed by atoms with van der Waals surface area (Å²) in [7, 11) is 0. The van der Waals surface area contributed by atoms with Crippen LogP contribution in [0.2, 0.25) is 0 Å². The van der Waals surface area contributed by atoms with Crippen LogP contribution < -0.4 is 0 Å². The molecule has 0 fully saturated rings. The summed E-state index contributed by atoms with van der Waals surface area (Å²) in [5, 5.41) is 61.7. The first-order valence-electron chi connectivity index (χ1n) is 21.3. The lowest BCUT2D eigenvalue weighted by atomic mass is 9.91. The molecule has 4 aromatic carbocycles. The number of phenolic OH excluding ortho intramolecular Hbond substituents is 3. The third kappa shape index (κ3) is 23.9. The number of phenols is 3. The number of aliphatic hydroxyl groups is 1. The van der Waals surface area contributed by atoms with Gasteiger partial charge in [-0.15, -0.1) is 0 Å². The Labute approximate surface area is 366 Å². The second-order valence-corrected chi connectivity index (χ2v) is 15.8. The molecule has 0 aliphatic rings. The zero-order chi connectivity index (χ0) is 47.5. The molecule has 3 unspecified atom stereocenters. The van der Waals surface area contributed by atoms with Crippen LogP contribution in [0.15, 0.2) is 78.9 Å². The zero-order valence-electron chi connectivity index (χ0n) is 39.0. The van der Waals surface area contributed by atoms with Crippen LogP contribution in [0.3, 0.4) is 0 Å². The summed E-state index contributed by atoms with van der Waals surface area (Å²) in [4.78, 5) is 30.7. The Bertz CT molecular complexity index is 1830. The Balaban J connectivity index is 0. The zero-order valence-corrected chi connectivity index (χ0v) is 39.0. The SMILES string of the molecule is CCC(C)(C)C(=O)O.CCC(C)C(=O)O.CCC(C)c1ccc(C(=O)O)cc1.CCC(C)c1ccc(O)cc1.CCc1cc(C)cc(O)c1.CCc1cc(O)cc(C)c1CO. The van der Waals surface area contributed by atoms with E-state index in [1.165, 1.54) is 16.7 Å². The van der Waals surface area contributed by atoms with Crippen LogP contribution >= 0.6 is 0 Å². The van der Waals surface area contributed by atoms with E-state index in [4.69, 9.17) is 30.6 Å². The molecule has 0 saturated heterocycles. The van der Waals surface area contributed by atoms with Gasteiger partial charge in [0.1, 0.15) is 17.2 Å². The number of aromatic carboxylic acids is 1. The monoisotopic (exact) mass is 849 g/mol. The molecule has 4 rings (SSSR count). The maximum Gasteiger partial charge on any atom is 0.335 e. The molecule has 0 heterocycles. The number of aryl methyl sites for hydroxylation is 4. The minimum atomic E-state index is -0.865. The summed E-state index contributed by atoms with van der Waals surface area (Å²) in [5.74, 6) is -0.382. The van der Waals surface area contributed by atoms with E-state index in [0.717, 1.165) is 54.4 Å². The maximum atomic E-state index is 10.6. The number of carboxylic acids is 3. The van der Waals surface area contributed by atoms with Crippen molar-refractivity contribution in [2.24, 2.45) is 11.3 Å². The van der Waals surface area contributed by atoms with Gasteiger partial charge < -0.3 is 35.7 Å². The molecule has 0 spiro atoms. The van der Waals surface area contributed by atoms with Gasteiger partial charge in [-0.25, -0.2) is 4.79 Å². The second-order valence-electron chi connectivity index (χ2n) is 15.8. The van der Waals surface area contributed by atoms with Crippen molar-refractivity contribution < 1.29 is 50.1 Å². The van der Waals surface area contributed by atoms with E-state index in [1.807, 2.05) is 58.9 Å². The molecule has 61 heavy (non-hydrogen) atoms. The Morgan fingerprint density at radius 2 is 1.08 bits per heavy atom. The van der Waals surface area contributed by atoms with Crippen molar-refractivity contribution in [2.75, 3.05) is 0 Å². The van der Waals surface area contributed by atoms with Crippen LogP contribution in [0.4, 0.5) is 0 Å². The molecule has 3 atom stereocenters. The molecular weight excluding hydrogens is 773 g/mol. The number of aliphatic hydroxyl groups excluding tert-OH is 1. The van der Waals surface area contributed by atoms with Crippen molar-refractivity contribution in [1.29, 1.82) is 0 Å². The summed E-state index contributed by atoms with van der Waals surface area (Å²) in [6.45, 7) is 25.5. The molecule has 10 heteroatoms. The van der Waals surface area contributed by atoms with E-state index in [0.29, 0.717) is 35.3 Å². The fraction of sp³-hybridized carbons (Fsp3) is 0.471. The average Bonchev–Trinajstić information content (AvgIpc) is 3.23. The normalized spacial score (nSPS) is 11.6. The number of aliphatic carboxylic acids is 2. The molecule has 0 aliphatic carbocycles. The van der Waals surface area contributed by atoms with Gasteiger partial charge in [0.25, 0.3) is 0 Å². The van der Waals surface area contributed by atoms with E-state index in [2.05, 4.69) is 40.7 Å². The predicted molar refractivity (Wildman–Crippen MR) is 248 cm³/mol. The number of benzene rings is 4. The molecule has 0 bridgehead atoms. The Morgan fingerprint density at radius 1 is 0.607 bits per heavy atom. The number of hydrogen-bond donors (Lipinski definition) is 7. The van der Waals surface area contributed by atoms with Gasteiger partial charge in [-0.3, -0.25) is 9.59 Å². The lowest BCUT2D eigenvalue weighted by Crippen LogP contribution is -2.21. The number of hydrogen-bond acceptors (Lipinski definition) is 7. The van der Waals surface area contributed by atoms with Crippen molar-refractivity contribution in [3.05, 3.63) is 123 Å². The molecule has 0 radical (unpaired) electrons. The summed E-state index contributed by atoms with van der Waals surface area (Å²) < 4.78 is 0. The standard InChI is InChI=1S/C11H14O2.C10H14O2.C10H14O.C9H12O.C6H12O2.C5H10O2/c1-3-8(2)9-4-6-10(7-5-9)11(12)13;1-3-8-5-9(12)4-7(2)10(8)6-11;1-3-8(2)9-4-6-10(11)7-5-9;1-3-8-4-7(2)5-9(10)6-8;1-4-6(2,3)5(7)8;1-3-4(2)5(6)7/h4-8H,3H2,1-2H3,(H,12,13);4-5,11-12H,3,6H2,1-2H3;4-8,11H,3H2,1-2H3;4-6,10H,3H2,1-2H3;4H2,1-3H3,(H,7,8);4H,3H2,1-2H3,(H,6,7). The topological polar surface area (TPSA) is 193 Å². The summed E-state index contributed by atoms with van der Waals surface area (Å²) in [6.07, 6.45) is 5.44. The molecule has 10 nitrogen and oxygen atoms in total. The van der Waals surface area contributed by atoms with Crippen molar-refractivity contribution in [3.63, 3.8) is 0 Å². The largest absolute Gasteiger partial charge is 0.508 e. The lowest BCUT2D eigenvalue weighted by molar-refractivity contribution is -0.147. The lowest BCUT2D eigenvalue weighted by Gasteiger charge is -2.14. The van der Waals surface area contributed by atoms with Gasteiger partial charge in [0.15, 0.2) is 0 Å². The third-order valence-electron chi connectivity index (χ3n) is 10.5. The fourth-order valence-corrected chi connectivity index (χ4v) is 5.01. The van der Waals surface area contributed by atoms with E-state index in [-0.39, 0.29) is 18.3 Å². The van der Waals surface area contributed by atoms with E-state index in [9.17, 15) is 19.5 Å². The fourth-order valence-electron chi connectivity index (χ4n) is 5.01. The molecule has 340 valence electrons. The molecule has 0 amide bonds. The van der Waals surface area contributed by atoms with E-state index >= 15 is 0 Å². The first kappa shape index (κ1) is 57.7. The van der Waals surface area contributed by atoms with Crippen LogP contribution in [-0.2, 0) is 29.0 Å². The molecular formula is C51H76O10. The highest BCUT2D eigenvalue weighted by Crippen LogP contribution is 2.23. The Hall–Kier alpha value is -5.35. The van der Waals surface area contributed by atoms with Gasteiger partial charge in [0.05, 0.1) is 23.5 Å². The van der Waals surface area contributed by atoms with Gasteiger partial charge >= 0.3 is 17.9 Å². The second kappa shape index (κ2) is 30.6. The van der Waals surface area contributed by atoms with Gasteiger partial charge in [-0.05, 0) is 166 Å². The molecule has 0 aromatic heterocycles. The Kier molecular flexibility index (Phi) is 29.0.